The van der Waals surface area contributed by atoms with Crippen molar-refractivity contribution in [2.45, 2.75) is 18.6 Å². The molecule has 0 aliphatic carbocycles. The van der Waals surface area contributed by atoms with E-state index in [1.807, 2.05) is 0 Å². The zero-order valence-corrected chi connectivity index (χ0v) is 8.81. The van der Waals surface area contributed by atoms with Crippen LogP contribution in [0.15, 0.2) is 18.6 Å². The van der Waals surface area contributed by atoms with Crippen LogP contribution in [0.4, 0.5) is 13.2 Å². The first-order valence-electron chi connectivity index (χ1n) is 4.66. The molecule has 1 rings (SSSR count). The van der Waals surface area contributed by atoms with Crippen molar-refractivity contribution in [3.05, 3.63) is 24.3 Å². The Morgan fingerprint density at radius 1 is 1.39 bits per heavy atom. The number of rotatable bonds is 4. The minimum Gasteiger partial charge on any atom is -0.480 e. The maximum Gasteiger partial charge on any atom is 0.471 e. The number of aromatic nitrogens is 2. The molecule has 18 heavy (non-hydrogen) atoms. The molecule has 0 unspecified atom stereocenters. The summed E-state index contributed by atoms with van der Waals surface area (Å²) in [5.41, 5.74) is 0.160. The van der Waals surface area contributed by atoms with Gasteiger partial charge in [-0.05, 0) is 0 Å². The highest BCUT2D eigenvalue weighted by Gasteiger charge is 2.40. The van der Waals surface area contributed by atoms with Crippen LogP contribution in [0.5, 0.6) is 0 Å². The van der Waals surface area contributed by atoms with Crippen molar-refractivity contribution in [1.29, 1.82) is 0 Å². The van der Waals surface area contributed by atoms with E-state index in [1.165, 1.54) is 23.9 Å². The Bertz CT molecular complexity index is 436. The van der Waals surface area contributed by atoms with Gasteiger partial charge >= 0.3 is 18.1 Å². The Morgan fingerprint density at radius 2 is 2.06 bits per heavy atom. The van der Waals surface area contributed by atoms with Crippen LogP contribution in [-0.4, -0.2) is 39.2 Å². The third kappa shape index (κ3) is 4.00. The first-order valence-corrected chi connectivity index (χ1v) is 4.66. The maximum atomic E-state index is 12.0. The molecular formula is C9H8F3N3O3. The van der Waals surface area contributed by atoms with Crippen molar-refractivity contribution in [2.24, 2.45) is 0 Å². The van der Waals surface area contributed by atoms with Gasteiger partial charge in [-0.1, -0.05) is 0 Å². The summed E-state index contributed by atoms with van der Waals surface area (Å²) in [5.74, 6) is -3.89. The smallest absolute Gasteiger partial charge is 0.471 e. The highest BCUT2D eigenvalue weighted by molar-refractivity contribution is 5.87. The van der Waals surface area contributed by atoms with Crippen molar-refractivity contribution in [3.8, 4) is 0 Å². The number of nitrogens with zero attached hydrogens (tertiary/aromatic N) is 2. The average molecular weight is 263 g/mol. The van der Waals surface area contributed by atoms with Gasteiger partial charge in [0.15, 0.2) is 0 Å². The van der Waals surface area contributed by atoms with E-state index in [2.05, 4.69) is 9.97 Å². The Kier molecular flexibility index (Phi) is 4.18. The van der Waals surface area contributed by atoms with Gasteiger partial charge in [0, 0.05) is 25.0 Å². The van der Waals surface area contributed by atoms with E-state index in [0.29, 0.717) is 0 Å². The zero-order chi connectivity index (χ0) is 13.8. The van der Waals surface area contributed by atoms with Crippen LogP contribution in [0.2, 0.25) is 0 Å². The molecule has 1 aromatic heterocycles. The number of halogens is 3. The number of nitrogens with one attached hydrogen (secondary N) is 1. The summed E-state index contributed by atoms with van der Waals surface area (Å²) in [5, 5.41) is 10.1. The lowest BCUT2D eigenvalue weighted by Crippen LogP contribution is -2.48. The molecule has 1 atom stereocenters. The van der Waals surface area contributed by atoms with Gasteiger partial charge in [-0.2, -0.15) is 13.2 Å². The first-order chi connectivity index (χ1) is 8.30. The van der Waals surface area contributed by atoms with E-state index < -0.39 is 24.1 Å². The van der Waals surface area contributed by atoms with Crippen LogP contribution in [0.3, 0.4) is 0 Å². The minimum absolute atomic E-state index is 0.160. The van der Waals surface area contributed by atoms with E-state index >= 15 is 0 Å². The Labute approximate surface area is 98.9 Å². The predicted octanol–water partition coefficient (Wildman–Crippen LogP) is 0.151. The number of aliphatic carboxylic acids is 1. The van der Waals surface area contributed by atoms with Crippen molar-refractivity contribution in [2.75, 3.05) is 0 Å². The number of amides is 1. The van der Waals surface area contributed by atoms with Crippen LogP contribution in [0.1, 0.15) is 5.69 Å². The summed E-state index contributed by atoms with van der Waals surface area (Å²) in [6, 6.07) is -1.71. The monoisotopic (exact) mass is 263 g/mol. The summed E-state index contributed by atoms with van der Waals surface area (Å²) in [6.07, 6.45) is -1.72. The SMILES string of the molecule is O=C(O)[C@H](Cc1cnccn1)NC(=O)C(F)(F)F. The fourth-order valence-corrected chi connectivity index (χ4v) is 1.08. The van der Waals surface area contributed by atoms with Gasteiger partial charge in [-0.25, -0.2) is 4.79 Å². The molecule has 6 nitrogen and oxygen atoms in total. The molecule has 0 aliphatic heterocycles. The van der Waals surface area contributed by atoms with Gasteiger partial charge in [0.25, 0.3) is 0 Å². The second-order valence-electron chi connectivity index (χ2n) is 3.26. The zero-order valence-electron chi connectivity index (χ0n) is 8.81. The van der Waals surface area contributed by atoms with Crippen molar-refractivity contribution < 1.29 is 27.9 Å². The molecule has 0 fully saturated rings. The van der Waals surface area contributed by atoms with E-state index in [1.54, 1.807) is 0 Å². The van der Waals surface area contributed by atoms with Gasteiger partial charge in [0.2, 0.25) is 0 Å². The minimum atomic E-state index is -5.13. The molecule has 0 radical (unpaired) electrons. The molecule has 9 heteroatoms. The van der Waals surface area contributed by atoms with E-state index in [-0.39, 0.29) is 12.1 Å². The molecule has 0 spiro atoms. The molecule has 1 heterocycles. The maximum absolute atomic E-state index is 12.0. The van der Waals surface area contributed by atoms with E-state index in [4.69, 9.17) is 5.11 Å². The van der Waals surface area contributed by atoms with E-state index in [9.17, 15) is 22.8 Å². The Balaban J connectivity index is 2.73. The lowest BCUT2D eigenvalue weighted by Gasteiger charge is -2.15. The first kappa shape index (κ1) is 13.9. The number of hydrogen-bond donors (Lipinski definition) is 2. The number of alkyl halides is 3. The van der Waals surface area contributed by atoms with Gasteiger partial charge in [0.1, 0.15) is 6.04 Å². The highest BCUT2D eigenvalue weighted by Crippen LogP contribution is 2.14. The summed E-state index contributed by atoms with van der Waals surface area (Å²) < 4.78 is 35.9. The van der Waals surface area contributed by atoms with Crippen molar-refractivity contribution in [3.63, 3.8) is 0 Å². The second kappa shape index (κ2) is 5.43. The second-order valence-corrected chi connectivity index (χ2v) is 3.26. The predicted molar refractivity (Wildman–Crippen MR) is 51.4 cm³/mol. The average Bonchev–Trinajstić information content (AvgIpc) is 2.28. The summed E-state index contributed by atoms with van der Waals surface area (Å²) >= 11 is 0. The lowest BCUT2D eigenvalue weighted by molar-refractivity contribution is -0.175. The highest BCUT2D eigenvalue weighted by atomic mass is 19.4. The van der Waals surface area contributed by atoms with Crippen LogP contribution >= 0.6 is 0 Å². The van der Waals surface area contributed by atoms with Crippen molar-refractivity contribution in [1.82, 2.24) is 15.3 Å². The summed E-state index contributed by atoms with van der Waals surface area (Å²) in [7, 11) is 0. The lowest BCUT2D eigenvalue weighted by atomic mass is 10.1. The molecule has 0 aromatic carbocycles. The van der Waals surface area contributed by atoms with Gasteiger partial charge < -0.3 is 10.4 Å². The molecular weight excluding hydrogens is 255 g/mol. The largest absolute Gasteiger partial charge is 0.480 e. The molecule has 2 N–H and O–H groups in total. The molecule has 0 saturated heterocycles. The molecule has 0 saturated carbocycles. The molecule has 1 amide bonds. The fourth-order valence-electron chi connectivity index (χ4n) is 1.08. The molecule has 1 aromatic rings. The Morgan fingerprint density at radius 3 is 2.50 bits per heavy atom. The number of hydrogen-bond acceptors (Lipinski definition) is 4. The fraction of sp³-hybridized carbons (Fsp3) is 0.333. The summed E-state index contributed by atoms with van der Waals surface area (Å²) in [4.78, 5) is 28.7. The number of carbonyl (C=O) groups is 2. The standard InChI is InChI=1S/C9H8F3N3O3/c10-9(11,12)8(18)15-6(7(16)17)3-5-4-13-1-2-14-5/h1-2,4,6H,3H2,(H,15,18)(H,16,17)/t6-/m0/s1. The van der Waals surface area contributed by atoms with Gasteiger partial charge in [0.05, 0.1) is 5.69 Å². The number of carboxylic acids is 1. The normalized spacial score (nSPS) is 12.8. The van der Waals surface area contributed by atoms with Crippen LogP contribution < -0.4 is 5.32 Å². The topological polar surface area (TPSA) is 92.2 Å². The van der Waals surface area contributed by atoms with E-state index in [0.717, 1.165) is 0 Å². The number of carbonyl (C=O) groups excluding carboxylic acids is 1. The van der Waals surface area contributed by atoms with Crippen LogP contribution in [0, 0.1) is 0 Å². The van der Waals surface area contributed by atoms with Crippen LogP contribution in [0.25, 0.3) is 0 Å². The van der Waals surface area contributed by atoms with Gasteiger partial charge in [-0.3, -0.25) is 14.8 Å². The Hall–Kier alpha value is -2.19. The summed E-state index contributed by atoms with van der Waals surface area (Å²) in [6.45, 7) is 0. The molecule has 0 aliphatic rings. The van der Waals surface area contributed by atoms with Crippen molar-refractivity contribution >= 4 is 11.9 Å². The molecule has 98 valence electrons. The van der Waals surface area contributed by atoms with Gasteiger partial charge in [-0.15, -0.1) is 0 Å². The third-order valence-electron chi connectivity index (χ3n) is 1.89. The van der Waals surface area contributed by atoms with Crippen LogP contribution in [-0.2, 0) is 16.0 Å². The number of carboxylic acid groups (broad SMARTS) is 1. The molecule has 0 bridgehead atoms. The quantitative estimate of drug-likeness (QED) is 0.806. The third-order valence-corrected chi connectivity index (χ3v) is 1.89.